The first-order chi connectivity index (χ1) is 16.0. The van der Waals surface area contributed by atoms with Gasteiger partial charge in [-0.15, -0.1) is 10.2 Å². The van der Waals surface area contributed by atoms with E-state index < -0.39 is 0 Å². The first-order valence-electron chi connectivity index (χ1n) is 10.6. The van der Waals surface area contributed by atoms with Crippen molar-refractivity contribution in [1.29, 1.82) is 0 Å². The van der Waals surface area contributed by atoms with Gasteiger partial charge in [-0.3, -0.25) is 9.59 Å². The lowest BCUT2D eigenvalue weighted by Gasteiger charge is -2.24. The molecule has 2 aromatic carbocycles. The summed E-state index contributed by atoms with van der Waals surface area (Å²) in [6.45, 7) is 3.31. The van der Waals surface area contributed by atoms with Crippen LogP contribution in [0.1, 0.15) is 42.0 Å². The van der Waals surface area contributed by atoms with Crippen molar-refractivity contribution in [1.82, 2.24) is 19.7 Å². The molecule has 10 heteroatoms. The molecule has 33 heavy (non-hydrogen) atoms. The van der Waals surface area contributed by atoms with Crippen molar-refractivity contribution >= 4 is 52.5 Å². The molecule has 1 fully saturated rings. The van der Waals surface area contributed by atoms with Crippen LogP contribution in [0.25, 0.3) is 0 Å². The van der Waals surface area contributed by atoms with Crippen molar-refractivity contribution in [3.05, 3.63) is 70.0 Å². The molecule has 4 rings (SSSR count). The third-order valence-corrected chi connectivity index (χ3v) is 6.90. The maximum absolute atomic E-state index is 13.1. The van der Waals surface area contributed by atoms with Gasteiger partial charge in [0.2, 0.25) is 5.91 Å². The fourth-order valence-electron chi connectivity index (χ4n) is 3.85. The van der Waals surface area contributed by atoms with Gasteiger partial charge in [-0.05, 0) is 68.3 Å². The molecule has 1 N–H and O–H groups in total. The zero-order valence-electron chi connectivity index (χ0n) is 18.0. The monoisotopic (exact) mass is 503 g/mol. The number of halogens is 2. The summed E-state index contributed by atoms with van der Waals surface area (Å²) in [4.78, 5) is 27.3. The highest BCUT2D eigenvalue weighted by Crippen LogP contribution is 2.34. The van der Waals surface area contributed by atoms with Gasteiger partial charge in [0.1, 0.15) is 0 Å². The third-order valence-electron chi connectivity index (χ3n) is 5.42. The number of thioether (sulfide) groups is 1. The summed E-state index contributed by atoms with van der Waals surface area (Å²) in [6.07, 6.45) is 1.71. The average molecular weight is 504 g/mol. The predicted molar refractivity (Wildman–Crippen MR) is 131 cm³/mol. The first kappa shape index (κ1) is 23.6. The number of carbonyl (C=O) groups is 2. The summed E-state index contributed by atoms with van der Waals surface area (Å²) in [5, 5.41) is 13.4. The molecule has 1 unspecified atom stereocenters. The van der Waals surface area contributed by atoms with E-state index in [9.17, 15) is 9.59 Å². The average Bonchev–Trinajstić information content (AvgIpc) is 3.45. The second kappa shape index (κ2) is 10.6. The topological polar surface area (TPSA) is 80.1 Å². The van der Waals surface area contributed by atoms with Crippen LogP contribution in [-0.2, 0) is 11.3 Å². The molecule has 1 aliphatic rings. The van der Waals surface area contributed by atoms with Crippen molar-refractivity contribution < 1.29 is 9.59 Å². The largest absolute Gasteiger partial charge is 0.328 e. The minimum absolute atomic E-state index is 0.0450. The van der Waals surface area contributed by atoms with Crippen LogP contribution >= 0.6 is 35.0 Å². The summed E-state index contributed by atoms with van der Waals surface area (Å²) in [6, 6.07) is 13.7. The lowest BCUT2D eigenvalue weighted by Crippen LogP contribution is -2.32. The number of hydrogen-bond donors (Lipinski definition) is 1. The Balaban J connectivity index is 1.45. The maximum atomic E-state index is 13.1. The molecule has 0 bridgehead atoms. The third kappa shape index (κ3) is 5.51. The normalized spacial score (nSPS) is 15.6. The van der Waals surface area contributed by atoms with Gasteiger partial charge in [-0.2, -0.15) is 0 Å². The Hall–Kier alpha value is -2.55. The van der Waals surface area contributed by atoms with Crippen molar-refractivity contribution in [3.63, 3.8) is 0 Å². The Morgan fingerprint density at radius 2 is 1.73 bits per heavy atom. The Morgan fingerprint density at radius 1 is 1.06 bits per heavy atom. The Kier molecular flexibility index (Phi) is 7.57. The minimum atomic E-state index is -0.155. The summed E-state index contributed by atoms with van der Waals surface area (Å²) in [5.41, 5.74) is 1.28. The number of carbonyl (C=O) groups excluding carboxylic acids is 2. The van der Waals surface area contributed by atoms with Crippen LogP contribution in [0.3, 0.4) is 0 Å². The van der Waals surface area contributed by atoms with Crippen molar-refractivity contribution in [2.75, 3.05) is 17.6 Å². The van der Waals surface area contributed by atoms with Crippen LogP contribution in [0, 0.1) is 0 Å². The van der Waals surface area contributed by atoms with Crippen molar-refractivity contribution in [3.8, 4) is 0 Å². The number of amides is 2. The summed E-state index contributed by atoms with van der Waals surface area (Å²) < 4.78 is 1.98. The molecular weight excluding hydrogens is 481 g/mol. The molecule has 2 heterocycles. The van der Waals surface area contributed by atoms with Gasteiger partial charge in [-0.1, -0.05) is 35.0 Å². The van der Waals surface area contributed by atoms with Gasteiger partial charge < -0.3 is 14.8 Å². The molecule has 172 valence electrons. The fourth-order valence-corrected chi connectivity index (χ4v) is 4.91. The Labute approximate surface area is 206 Å². The molecule has 3 aromatic rings. The summed E-state index contributed by atoms with van der Waals surface area (Å²) in [7, 11) is 0. The zero-order valence-corrected chi connectivity index (χ0v) is 20.3. The minimum Gasteiger partial charge on any atom is -0.328 e. The molecule has 1 aromatic heterocycles. The number of nitrogens with zero attached hydrogens (tertiary/aromatic N) is 4. The van der Waals surface area contributed by atoms with E-state index in [2.05, 4.69) is 15.5 Å². The first-order valence-corrected chi connectivity index (χ1v) is 12.4. The number of rotatable bonds is 7. The number of anilines is 1. The molecule has 0 spiro atoms. The zero-order chi connectivity index (χ0) is 23.4. The standard InChI is InChI=1S/C23H23Cl2N5O2S/c1-2-29-21(19-4-3-13-30(19)22(32)15-5-7-16(24)8-6-15)27-28-23(29)33-14-20(31)26-18-11-9-17(25)10-12-18/h5-12,19H,2-4,13-14H2,1H3,(H,26,31). The van der Waals surface area contributed by atoms with Gasteiger partial charge in [0.25, 0.3) is 5.91 Å². The number of aromatic nitrogens is 3. The maximum Gasteiger partial charge on any atom is 0.254 e. The second-order valence-electron chi connectivity index (χ2n) is 7.59. The smallest absolute Gasteiger partial charge is 0.254 e. The SMILES string of the molecule is CCn1c(SCC(=O)Nc2ccc(Cl)cc2)nnc1C1CCCN1C(=O)c1ccc(Cl)cc1. The van der Waals surface area contributed by atoms with Crippen LogP contribution in [0.4, 0.5) is 5.69 Å². The molecule has 0 radical (unpaired) electrons. The van der Waals surface area contributed by atoms with Crippen LogP contribution in [0.2, 0.25) is 10.0 Å². The van der Waals surface area contributed by atoms with Crippen LogP contribution in [0.15, 0.2) is 53.7 Å². The van der Waals surface area contributed by atoms with E-state index >= 15 is 0 Å². The quantitative estimate of drug-likeness (QED) is 0.441. The van der Waals surface area contributed by atoms with E-state index in [-0.39, 0.29) is 23.6 Å². The number of likely N-dealkylation sites (tertiary alicyclic amines) is 1. The van der Waals surface area contributed by atoms with Crippen LogP contribution < -0.4 is 5.32 Å². The lowest BCUT2D eigenvalue weighted by molar-refractivity contribution is -0.113. The molecule has 0 saturated carbocycles. The van der Waals surface area contributed by atoms with Gasteiger partial charge in [-0.25, -0.2) is 0 Å². The summed E-state index contributed by atoms with van der Waals surface area (Å²) >= 11 is 13.2. The number of hydrogen-bond acceptors (Lipinski definition) is 5. The summed E-state index contributed by atoms with van der Waals surface area (Å²) in [5.74, 6) is 0.753. The van der Waals surface area contributed by atoms with E-state index in [1.165, 1.54) is 11.8 Å². The number of benzene rings is 2. The fraction of sp³-hybridized carbons (Fsp3) is 0.304. The lowest BCUT2D eigenvalue weighted by atomic mass is 10.1. The van der Waals surface area contributed by atoms with E-state index in [0.717, 1.165) is 18.7 Å². The second-order valence-corrected chi connectivity index (χ2v) is 9.41. The van der Waals surface area contributed by atoms with Gasteiger partial charge in [0, 0.05) is 34.4 Å². The van der Waals surface area contributed by atoms with Gasteiger partial charge in [0.15, 0.2) is 11.0 Å². The van der Waals surface area contributed by atoms with Crippen LogP contribution in [0.5, 0.6) is 0 Å². The molecule has 7 nitrogen and oxygen atoms in total. The molecule has 0 aliphatic carbocycles. The van der Waals surface area contributed by atoms with E-state index in [1.807, 2.05) is 16.4 Å². The molecule has 1 aliphatic heterocycles. The van der Waals surface area contributed by atoms with E-state index in [4.69, 9.17) is 23.2 Å². The van der Waals surface area contributed by atoms with Crippen LogP contribution in [-0.4, -0.2) is 43.8 Å². The predicted octanol–water partition coefficient (Wildman–Crippen LogP) is 5.31. The molecule has 1 atom stereocenters. The molecule has 2 amide bonds. The molecular formula is C23H23Cl2N5O2S. The Bertz CT molecular complexity index is 1130. The highest BCUT2D eigenvalue weighted by atomic mass is 35.5. The highest BCUT2D eigenvalue weighted by molar-refractivity contribution is 7.99. The van der Waals surface area contributed by atoms with E-state index in [0.29, 0.717) is 39.5 Å². The number of nitrogens with one attached hydrogen (secondary N) is 1. The van der Waals surface area contributed by atoms with Crippen molar-refractivity contribution in [2.45, 2.75) is 37.5 Å². The molecule has 1 saturated heterocycles. The highest BCUT2D eigenvalue weighted by Gasteiger charge is 2.34. The Morgan fingerprint density at radius 3 is 2.39 bits per heavy atom. The van der Waals surface area contributed by atoms with Gasteiger partial charge in [0.05, 0.1) is 11.8 Å². The van der Waals surface area contributed by atoms with E-state index in [1.54, 1.807) is 48.5 Å². The van der Waals surface area contributed by atoms with Crippen molar-refractivity contribution in [2.24, 2.45) is 0 Å². The van der Waals surface area contributed by atoms with Gasteiger partial charge >= 0.3 is 0 Å².